The van der Waals surface area contributed by atoms with Crippen molar-refractivity contribution in [2.24, 2.45) is 5.41 Å². The van der Waals surface area contributed by atoms with Gasteiger partial charge in [0.05, 0.1) is 38.4 Å². The van der Waals surface area contributed by atoms with Crippen molar-refractivity contribution in [3.05, 3.63) is 108 Å². The van der Waals surface area contributed by atoms with Crippen LogP contribution in [0, 0.1) is 5.41 Å². The van der Waals surface area contributed by atoms with Crippen molar-refractivity contribution in [3.63, 3.8) is 0 Å². The van der Waals surface area contributed by atoms with Crippen LogP contribution in [0.2, 0.25) is 0 Å². The van der Waals surface area contributed by atoms with Gasteiger partial charge < -0.3 is 63.8 Å². The Bertz CT molecular complexity index is 3210. The van der Waals surface area contributed by atoms with E-state index in [0.29, 0.717) is 53.9 Å². The summed E-state index contributed by atoms with van der Waals surface area (Å²) in [5.41, 5.74) is -0.727. The maximum Gasteiger partial charge on any atom is 0.330 e. The molecule has 3 N–H and O–H groups in total. The molecule has 2 aliphatic heterocycles. The van der Waals surface area contributed by atoms with E-state index in [1.165, 1.54) is 81.0 Å². The number of carbonyl (C=O) groups is 9. The van der Waals surface area contributed by atoms with Crippen LogP contribution >= 0.6 is 0 Å². The number of aromatic hydroxyl groups is 1. The van der Waals surface area contributed by atoms with E-state index in [1.807, 2.05) is 49.4 Å². The summed E-state index contributed by atoms with van der Waals surface area (Å²) in [5.74, 6) is -5.79. The number of benzene rings is 4. The van der Waals surface area contributed by atoms with Crippen molar-refractivity contribution in [1.29, 1.82) is 0 Å². The summed E-state index contributed by atoms with van der Waals surface area (Å²) in [6, 6.07) is 18.1. The molecule has 0 radical (unpaired) electrons. The Kier molecular flexibility index (Phi) is 25.1. The maximum atomic E-state index is 15.1. The fourth-order valence-corrected chi connectivity index (χ4v) is 10.4. The largest absolute Gasteiger partial charge is 0.508 e. The third-order valence-electron chi connectivity index (χ3n) is 15.9. The second-order valence-electron chi connectivity index (χ2n) is 24.2. The SMILES string of the molecule is CCCC[C@H]1C(=O)N[C@@H](Cc2ccc3ccccc3c2)C(=O)N(C)[C@@H](COC(C)(C)C)C(=O)NCC(=O)N(C)CCC=CC(=O)OCC(C)(C)C(=O)C(=O)N2CCCC[C@H]2C(=O)O[C@H](CCc2cc(OC)c(OC)cc2O)c2cccc(c2)OCC(=O)N1C. The van der Waals surface area contributed by atoms with E-state index in [1.54, 1.807) is 51.1 Å². The van der Waals surface area contributed by atoms with Gasteiger partial charge in [-0.1, -0.05) is 80.4 Å². The highest BCUT2D eigenvalue weighted by atomic mass is 16.5. The number of nitrogens with one attached hydrogen (secondary N) is 2. The molecule has 1 fully saturated rings. The highest BCUT2D eigenvalue weighted by Gasteiger charge is 2.43. The number of rotatable bonds is 12. The molecule has 2 heterocycles. The van der Waals surface area contributed by atoms with Gasteiger partial charge in [0.15, 0.2) is 18.1 Å². The normalized spacial score (nSPS) is 21.5. The second kappa shape index (κ2) is 32.1. The number of likely N-dealkylation sites (N-methyl/N-ethyl adjacent to an activating group) is 3. The van der Waals surface area contributed by atoms with Gasteiger partial charge in [-0.3, -0.25) is 33.6 Å². The molecule has 2 aliphatic rings. The van der Waals surface area contributed by atoms with Crippen molar-refractivity contribution in [2.75, 3.05) is 74.8 Å². The zero-order valence-corrected chi connectivity index (χ0v) is 53.2. The molecule has 4 aromatic carbocycles. The van der Waals surface area contributed by atoms with Gasteiger partial charge >= 0.3 is 11.9 Å². The molecule has 0 aromatic heterocycles. The van der Waals surface area contributed by atoms with Gasteiger partial charge in [0.1, 0.15) is 48.4 Å². The third-order valence-corrected chi connectivity index (χ3v) is 15.9. The van der Waals surface area contributed by atoms with Crippen molar-refractivity contribution in [3.8, 4) is 23.0 Å². The van der Waals surface area contributed by atoms with Gasteiger partial charge in [0.25, 0.3) is 11.8 Å². The fraction of sp³-hybridized carbons (Fsp3) is 0.507. The van der Waals surface area contributed by atoms with E-state index in [4.69, 9.17) is 28.4 Å². The number of unbranched alkanes of at least 4 members (excludes halogenated alkanes) is 1. The number of hydrogen-bond donors (Lipinski definition) is 3. The molecular formula is C67H88N6O16. The molecule has 2 bridgehead atoms. The van der Waals surface area contributed by atoms with E-state index >= 15 is 4.79 Å². The van der Waals surface area contributed by atoms with E-state index in [2.05, 4.69) is 10.6 Å². The Hall–Kier alpha value is -8.53. The van der Waals surface area contributed by atoms with Crippen LogP contribution in [0.25, 0.3) is 10.8 Å². The minimum atomic E-state index is -1.52. The Morgan fingerprint density at radius 2 is 1.48 bits per heavy atom. The molecule has 6 rings (SSSR count). The van der Waals surface area contributed by atoms with Crippen LogP contribution in [0.1, 0.15) is 116 Å². The number of Topliss-reactive ketones (excluding diaryl/α,β-unsaturated/α-hetero) is 1. The standard InChI is InChI=1S/C67H88N6O16/c1-12-13-25-50-62(80)69-49(35-43-28-29-44-21-14-15-22-45(44)34-43)63(81)72(9)52(40-88-66(2,3)4)61(79)68-39-57(75)70(7)32-18-17-27-59(77)87-42-67(5,6)60(78)64(82)73-33-19-16-26-51(73)65(83)89-54(31-30-46-37-55(84-10)56(85-11)38-53(46)74)47-23-20-24-48(36-47)86-41-58(76)71(50)8/h14-15,17,20-24,27-29,34,36-38,49-52,54,74H,12-13,16,18-19,25-26,30-33,35,39-42H2,1-11H3,(H,68,79)(H,69,80)/t49-,50-,51-,52-,54+/m0/s1. The highest BCUT2D eigenvalue weighted by Crippen LogP contribution is 2.37. The van der Waals surface area contributed by atoms with Gasteiger partial charge in [-0.05, 0) is 125 Å². The Balaban J connectivity index is 1.36. The summed E-state index contributed by atoms with van der Waals surface area (Å²) in [4.78, 5) is 133. The number of hydrogen-bond acceptors (Lipinski definition) is 16. The molecule has 0 aliphatic carbocycles. The molecule has 4 aromatic rings. The van der Waals surface area contributed by atoms with E-state index in [-0.39, 0.29) is 69.7 Å². The lowest BCUT2D eigenvalue weighted by molar-refractivity contribution is -0.165. The molecular weight excluding hydrogens is 1140 g/mol. The first kappa shape index (κ1) is 69.6. The van der Waals surface area contributed by atoms with Gasteiger partial charge in [-0.25, -0.2) is 9.59 Å². The predicted molar refractivity (Wildman–Crippen MR) is 332 cm³/mol. The number of amides is 6. The minimum Gasteiger partial charge on any atom is -0.508 e. The van der Waals surface area contributed by atoms with Crippen LogP contribution in [0.4, 0.5) is 0 Å². The zero-order valence-electron chi connectivity index (χ0n) is 53.2. The molecule has 0 unspecified atom stereocenters. The molecule has 22 heteroatoms. The number of cyclic esters (lactones) is 2. The average Bonchev–Trinajstić information content (AvgIpc) is 1.55. The molecule has 482 valence electrons. The Labute approximate surface area is 521 Å². The van der Waals surface area contributed by atoms with E-state index in [9.17, 15) is 43.5 Å². The molecule has 1 saturated heterocycles. The summed E-state index contributed by atoms with van der Waals surface area (Å²) in [6.07, 6.45) is 4.56. The number of esters is 2. The number of piperidine rings is 1. The second-order valence-corrected chi connectivity index (χ2v) is 24.2. The van der Waals surface area contributed by atoms with E-state index in [0.717, 1.165) is 16.8 Å². The maximum absolute atomic E-state index is 15.1. The minimum absolute atomic E-state index is 0.0122. The van der Waals surface area contributed by atoms with E-state index < -0.39 is 114 Å². The predicted octanol–water partition coefficient (Wildman–Crippen LogP) is 6.60. The fourth-order valence-electron chi connectivity index (χ4n) is 10.4. The summed E-state index contributed by atoms with van der Waals surface area (Å²) in [7, 11) is 7.30. The first-order valence-electron chi connectivity index (χ1n) is 30.3. The molecule has 6 amide bonds. The summed E-state index contributed by atoms with van der Waals surface area (Å²) in [5, 5.41) is 18.6. The van der Waals surface area contributed by atoms with Gasteiger partial charge in [-0.15, -0.1) is 0 Å². The molecule has 89 heavy (non-hydrogen) atoms. The Morgan fingerprint density at radius 3 is 2.19 bits per heavy atom. The van der Waals surface area contributed by atoms with Crippen molar-refractivity contribution < 1.29 is 76.7 Å². The summed E-state index contributed by atoms with van der Waals surface area (Å²) >= 11 is 0. The highest BCUT2D eigenvalue weighted by molar-refractivity contribution is 6.38. The number of aryl methyl sites for hydroxylation is 1. The average molecular weight is 1230 g/mol. The first-order valence-corrected chi connectivity index (χ1v) is 30.3. The number of nitrogens with zero attached hydrogens (tertiary/aromatic N) is 4. The van der Waals surface area contributed by atoms with Crippen LogP contribution < -0.4 is 24.8 Å². The smallest absolute Gasteiger partial charge is 0.330 e. The van der Waals surface area contributed by atoms with Crippen molar-refractivity contribution in [2.45, 2.75) is 142 Å². The lowest BCUT2D eigenvalue weighted by atomic mass is 9.87. The van der Waals surface area contributed by atoms with Crippen LogP contribution in [0.3, 0.4) is 0 Å². The number of ether oxygens (including phenoxy) is 6. The van der Waals surface area contributed by atoms with Crippen LogP contribution in [0.5, 0.6) is 23.0 Å². The van der Waals surface area contributed by atoms with Gasteiger partial charge in [-0.2, -0.15) is 0 Å². The monoisotopic (exact) mass is 1230 g/mol. The summed E-state index contributed by atoms with van der Waals surface area (Å²) in [6.45, 7) is 8.62. The third kappa shape index (κ3) is 19.5. The summed E-state index contributed by atoms with van der Waals surface area (Å²) < 4.78 is 34.9. The number of carbonyl (C=O) groups excluding carboxylic acids is 9. The van der Waals surface area contributed by atoms with Crippen LogP contribution in [-0.2, 0) is 70.2 Å². The molecule has 22 nitrogen and oxygen atoms in total. The lowest BCUT2D eigenvalue weighted by Crippen LogP contribution is -2.59. The number of fused-ring (bicyclic) bond motifs is 4. The van der Waals surface area contributed by atoms with Gasteiger partial charge in [0, 0.05) is 52.8 Å². The quantitative estimate of drug-likeness (QED) is 0.0996. The zero-order chi connectivity index (χ0) is 65.2. The lowest BCUT2D eigenvalue weighted by Gasteiger charge is -2.36. The topological polar surface area (TPSA) is 266 Å². The van der Waals surface area contributed by atoms with Crippen LogP contribution in [-0.4, -0.2) is 182 Å². The van der Waals surface area contributed by atoms with Crippen molar-refractivity contribution >= 4 is 63.9 Å². The number of methoxy groups -OCH3 is 2. The Morgan fingerprint density at radius 1 is 0.764 bits per heavy atom. The molecule has 0 saturated carbocycles. The number of ketones is 1. The first-order chi connectivity index (χ1) is 42.2. The number of phenols is 1. The van der Waals surface area contributed by atoms with Gasteiger partial charge in [0.2, 0.25) is 29.4 Å². The number of phenolic OH excluding ortho intramolecular Hbond substituents is 1. The van der Waals surface area contributed by atoms with Crippen LogP contribution in [0.15, 0.2) is 91.0 Å². The molecule has 5 atom stereocenters. The van der Waals surface area contributed by atoms with Crippen molar-refractivity contribution in [1.82, 2.24) is 30.2 Å². The molecule has 0 spiro atoms.